The van der Waals surface area contributed by atoms with Crippen molar-refractivity contribution in [1.29, 1.82) is 0 Å². The Morgan fingerprint density at radius 2 is 1.92 bits per heavy atom. The van der Waals surface area contributed by atoms with Crippen molar-refractivity contribution in [3.63, 3.8) is 0 Å². The molecule has 2 N–H and O–H groups in total. The smallest absolute Gasteiger partial charge is 0.119 e. The summed E-state index contributed by atoms with van der Waals surface area (Å²) in [6.45, 7) is 4.15. The minimum absolute atomic E-state index is 0.272. The molecule has 1 aromatic rings. The van der Waals surface area contributed by atoms with Crippen molar-refractivity contribution in [1.82, 2.24) is 0 Å². The quantitative estimate of drug-likeness (QED) is 0.698. The SMILES string of the molecule is CCC(C)Oc1ccc(N)cc1. The van der Waals surface area contributed by atoms with E-state index in [1.165, 1.54) is 0 Å². The lowest BCUT2D eigenvalue weighted by Gasteiger charge is -2.11. The van der Waals surface area contributed by atoms with Gasteiger partial charge in [-0.05, 0) is 37.6 Å². The molecule has 0 spiro atoms. The Hall–Kier alpha value is -1.18. The molecule has 1 rings (SSSR count). The fourth-order valence-electron chi connectivity index (χ4n) is 0.862. The number of hydrogen-bond acceptors (Lipinski definition) is 2. The summed E-state index contributed by atoms with van der Waals surface area (Å²) in [5.74, 6) is 0.888. The maximum absolute atomic E-state index is 5.56. The zero-order chi connectivity index (χ0) is 8.97. The summed E-state index contributed by atoms with van der Waals surface area (Å²) < 4.78 is 5.56. The monoisotopic (exact) mass is 165 g/mol. The third-order valence-corrected chi connectivity index (χ3v) is 1.79. The van der Waals surface area contributed by atoms with Gasteiger partial charge in [-0.2, -0.15) is 0 Å². The van der Waals surface area contributed by atoms with E-state index in [2.05, 4.69) is 13.8 Å². The van der Waals surface area contributed by atoms with Gasteiger partial charge in [0, 0.05) is 5.69 Å². The standard InChI is InChI=1S/C10H15NO/c1-3-8(2)12-10-6-4-9(11)5-7-10/h4-8H,3,11H2,1-2H3. The predicted molar refractivity (Wildman–Crippen MR) is 51.2 cm³/mol. The van der Waals surface area contributed by atoms with E-state index in [1.807, 2.05) is 24.3 Å². The average Bonchev–Trinajstić information content (AvgIpc) is 2.09. The zero-order valence-corrected chi connectivity index (χ0v) is 7.58. The molecule has 66 valence electrons. The molecule has 0 aromatic heterocycles. The summed E-state index contributed by atoms with van der Waals surface area (Å²) in [5.41, 5.74) is 6.30. The number of ether oxygens (including phenoxy) is 1. The largest absolute Gasteiger partial charge is 0.491 e. The van der Waals surface area contributed by atoms with Crippen LogP contribution in [0.1, 0.15) is 20.3 Å². The third-order valence-electron chi connectivity index (χ3n) is 1.79. The van der Waals surface area contributed by atoms with Crippen molar-refractivity contribution in [3.05, 3.63) is 24.3 Å². The van der Waals surface area contributed by atoms with Gasteiger partial charge >= 0.3 is 0 Å². The van der Waals surface area contributed by atoms with Crippen LogP contribution in [0, 0.1) is 0 Å². The summed E-state index contributed by atoms with van der Waals surface area (Å²) in [4.78, 5) is 0. The van der Waals surface area contributed by atoms with Crippen molar-refractivity contribution in [2.75, 3.05) is 5.73 Å². The van der Waals surface area contributed by atoms with Gasteiger partial charge in [0.15, 0.2) is 0 Å². The molecule has 0 saturated heterocycles. The van der Waals surface area contributed by atoms with E-state index in [0.29, 0.717) is 0 Å². The molecule has 0 heterocycles. The fourth-order valence-corrected chi connectivity index (χ4v) is 0.862. The Bertz CT molecular complexity index is 230. The number of anilines is 1. The second-order valence-electron chi connectivity index (χ2n) is 2.91. The highest BCUT2D eigenvalue weighted by Crippen LogP contribution is 2.15. The van der Waals surface area contributed by atoms with Crippen LogP contribution >= 0.6 is 0 Å². The molecule has 12 heavy (non-hydrogen) atoms. The van der Waals surface area contributed by atoms with E-state index >= 15 is 0 Å². The Labute approximate surface area is 73.3 Å². The first kappa shape index (κ1) is 8.91. The maximum Gasteiger partial charge on any atom is 0.119 e. The molecule has 0 aliphatic heterocycles. The summed E-state index contributed by atoms with van der Waals surface area (Å²) in [5, 5.41) is 0. The second kappa shape index (κ2) is 4.00. The lowest BCUT2D eigenvalue weighted by molar-refractivity contribution is 0.217. The maximum atomic E-state index is 5.56. The van der Waals surface area contributed by atoms with Gasteiger partial charge in [-0.3, -0.25) is 0 Å². The minimum Gasteiger partial charge on any atom is -0.491 e. The van der Waals surface area contributed by atoms with Gasteiger partial charge in [-0.1, -0.05) is 6.92 Å². The van der Waals surface area contributed by atoms with Crippen LogP contribution in [0.5, 0.6) is 5.75 Å². The molecule has 0 fully saturated rings. The summed E-state index contributed by atoms with van der Waals surface area (Å²) in [6, 6.07) is 7.47. The topological polar surface area (TPSA) is 35.2 Å². The highest BCUT2D eigenvalue weighted by atomic mass is 16.5. The molecule has 2 heteroatoms. The first-order valence-electron chi connectivity index (χ1n) is 4.24. The fraction of sp³-hybridized carbons (Fsp3) is 0.400. The lowest BCUT2D eigenvalue weighted by Crippen LogP contribution is -2.09. The van der Waals surface area contributed by atoms with E-state index in [9.17, 15) is 0 Å². The molecule has 0 bridgehead atoms. The molecule has 0 aliphatic carbocycles. The van der Waals surface area contributed by atoms with E-state index in [-0.39, 0.29) is 6.10 Å². The highest BCUT2D eigenvalue weighted by Gasteiger charge is 1.99. The van der Waals surface area contributed by atoms with Crippen LogP contribution < -0.4 is 10.5 Å². The van der Waals surface area contributed by atoms with Gasteiger partial charge in [-0.25, -0.2) is 0 Å². The van der Waals surface area contributed by atoms with Crippen molar-refractivity contribution in [2.24, 2.45) is 0 Å². The van der Waals surface area contributed by atoms with E-state index in [1.54, 1.807) is 0 Å². The Balaban J connectivity index is 2.58. The number of benzene rings is 1. The van der Waals surface area contributed by atoms with Crippen LogP contribution in [0.15, 0.2) is 24.3 Å². The molecule has 0 amide bonds. The molecule has 1 atom stereocenters. The van der Waals surface area contributed by atoms with Gasteiger partial charge in [0.25, 0.3) is 0 Å². The summed E-state index contributed by atoms with van der Waals surface area (Å²) in [6.07, 6.45) is 1.29. The number of rotatable bonds is 3. The van der Waals surface area contributed by atoms with Gasteiger partial charge in [0.05, 0.1) is 6.10 Å². The molecule has 0 saturated carbocycles. The van der Waals surface area contributed by atoms with Crippen LogP contribution in [-0.2, 0) is 0 Å². The number of nitrogens with two attached hydrogens (primary N) is 1. The highest BCUT2D eigenvalue weighted by molar-refractivity contribution is 5.41. The molecule has 2 nitrogen and oxygen atoms in total. The van der Waals surface area contributed by atoms with E-state index in [0.717, 1.165) is 17.9 Å². The van der Waals surface area contributed by atoms with Gasteiger partial charge in [0.2, 0.25) is 0 Å². The van der Waals surface area contributed by atoms with Gasteiger partial charge in [-0.15, -0.1) is 0 Å². The third kappa shape index (κ3) is 2.46. The second-order valence-corrected chi connectivity index (χ2v) is 2.91. The van der Waals surface area contributed by atoms with Crippen molar-refractivity contribution < 1.29 is 4.74 Å². The molecule has 1 unspecified atom stereocenters. The predicted octanol–water partition coefficient (Wildman–Crippen LogP) is 2.45. The van der Waals surface area contributed by atoms with Crippen molar-refractivity contribution >= 4 is 5.69 Å². The van der Waals surface area contributed by atoms with Crippen LogP contribution in [-0.4, -0.2) is 6.10 Å². The normalized spacial score (nSPS) is 12.5. The first-order valence-corrected chi connectivity index (χ1v) is 4.24. The summed E-state index contributed by atoms with van der Waals surface area (Å²) in [7, 11) is 0. The van der Waals surface area contributed by atoms with E-state index < -0.39 is 0 Å². The molecule has 1 aromatic carbocycles. The lowest BCUT2D eigenvalue weighted by atomic mass is 10.3. The molecular weight excluding hydrogens is 150 g/mol. The van der Waals surface area contributed by atoms with Crippen LogP contribution in [0.3, 0.4) is 0 Å². The van der Waals surface area contributed by atoms with Crippen LogP contribution in [0.25, 0.3) is 0 Å². The molecule has 0 aliphatic rings. The van der Waals surface area contributed by atoms with Gasteiger partial charge in [0.1, 0.15) is 5.75 Å². The van der Waals surface area contributed by atoms with Crippen molar-refractivity contribution in [2.45, 2.75) is 26.4 Å². The van der Waals surface area contributed by atoms with Crippen molar-refractivity contribution in [3.8, 4) is 5.75 Å². The van der Waals surface area contributed by atoms with Gasteiger partial charge < -0.3 is 10.5 Å². The minimum atomic E-state index is 0.272. The zero-order valence-electron chi connectivity index (χ0n) is 7.58. The number of hydrogen-bond donors (Lipinski definition) is 1. The number of nitrogen functional groups attached to an aromatic ring is 1. The van der Waals surface area contributed by atoms with Crippen LogP contribution in [0.2, 0.25) is 0 Å². The Kier molecular flexibility index (Phi) is 2.97. The first-order chi connectivity index (χ1) is 5.72. The Morgan fingerprint density at radius 3 is 2.42 bits per heavy atom. The Morgan fingerprint density at radius 1 is 1.33 bits per heavy atom. The van der Waals surface area contributed by atoms with E-state index in [4.69, 9.17) is 10.5 Å². The molecular formula is C10H15NO. The average molecular weight is 165 g/mol. The summed E-state index contributed by atoms with van der Waals surface area (Å²) >= 11 is 0. The molecule has 0 radical (unpaired) electrons. The van der Waals surface area contributed by atoms with Crippen LogP contribution in [0.4, 0.5) is 5.69 Å².